The zero-order chi connectivity index (χ0) is 13.7. The number of hydrogen-bond acceptors (Lipinski definition) is 3. The van der Waals surface area contributed by atoms with Crippen LogP contribution >= 0.6 is 15.9 Å². The van der Waals surface area contributed by atoms with Gasteiger partial charge in [0.2, 0.25) is 0 Å². The summed E-state index contributed by atoms with van der Waals surface area (Å²) in [4.78, 5) is 8.25. The number of benzene rings is 1. The second-order valence-corrected chi connectivity index (χ2v) is 5.44. The molecule has 100 valence electrons. The second-order valence-electron chi connectivity index (χ2n) is 4.58. The van der Waals surface area contributed by atoms with Gasteiger partial charge in [-0.25, -0.2) is 9.97 Å². The molecule has 1 atom stereocenters. The highest BCUT2D eigenvalue weighted by Gasteiger charge is 2.16. The molecule has 2 aromatic rings. The van der Waals surface area contributed by atoms with Crippen molar-refractivity contribution in [3.05, 3.63) is 58.1 Å². The van der Waals surface area contributed by atoms with Crippen LogP contribution in [0.1, 0.15) is 36.1 Å². The van der Waals surface area contributed by atoms with Gasteiger partial charge in [0.25, 0.3) is 0 Å². The Morgan fingerprint density at radius 2 is 2.00 bits per heavy atom. The summed E-state index contributed by atoms with van der Waals surface area (Å²) in [6.45, 7) is 5.23. The van der Waals surface area contributed by atoms with Crippen LogP contribution in [-0.2, 0) is 0 Å². The first-order valence-corrected chi connectivity index (χ1v) is 7.26. The van der Waals surface area contributed by atoms with Gasteiger partial charge in [-0.05, 0) is 31.5 Å². The molecular formula is C15H18BrN3. The maximum absolute atomic E-state index is 4.12. The fraction of sp³-hybridized carbons (Fsp3) is 0.333. The molecule has 1 aromatic carbocycles. The van der Waals surface area contributed by atoms with Gasteiger partial charge in [0.1, 0.15) is 6.33 Å². The first-order valence-electron chi connectivity index (χ1n) is 6.46. The van der Waals surface area contributed by atoms with E-state index in [0.717, 1.165) is 23.0 Å². The Labute approximate surface area is 122 Å². The quantitative estimate of drug-likeness (QED) is 0.914. The van der Waals surface area contributed by atoms with E-state index < -0.39 is 0 Å². The van der Waals surface area contributed by atoms with E-state index in [2.05, 4.69) is 63.3 Å². The van der Waals surface area contributed by atoms with Crippen LogP contribution in [0.15, 0.2) is 41.4 Å². The summed E-state index contributed by atoms with van der Waals surface area (Å²) in [5, 5.41) is 3.56. The highest BCUT2D eigenvalue weighted by Crippen LogP contribution is 2.28. The van der Waals surface area contributed by atoms with Gasteiger partial charge >= 0.3 is 0 Å². The Morgan fingerprint density at radius 1 is 1.26 bits per heavy atom. The standard InChI is InChI=1S/C15H18BrN3/c1-3-6-19-15(12-8-17-10-18-9-12)13-7-11(2)4-5-14(13)16/h4-5,7-10,15,19H,3,6H2,1-2H3. The van der Waals surface area contributed by atoms with Crippen molar-refractivity contribution < 1.29 is 0 Å². The summed E-state index contributed by atoms with van der Waals surface area (Å²) in [5.74, 6) is 0. The molecule has 0 aliphatic carbocycles. The van der Waals surface area contributed by atoms with Gasteiger partial charge in [0, 0.05) is 22.4 Å². The Kier molecular flexibility index (Phi) is 5.05. The number of aromatic nitrogens is 2. The van der Waals surface area contributed by atoms with Crippen LogP contribution in [0.25, 0.3) is 0 Å². The Balaban J connectivity index is 2.40. The van der Waals surface area contributed by atoms with Crippen molar-refractivity contribution in [2.75, 3.05) is 6.54 Å². The van der Waals surface area contributed by atoms with Gasteiger partial charge in [-0.15, -0.1) is 0 Å². The van der Waals surface area contributed by atoms with E-state index in [4.69, 9.17) is 0 Å². The fourth-order valence-electron chi connectivity index (χ4n) is 2.04. The number of halogens is 1. The summed E-state index contributed by atoms with van der Waals surface area (Å²) >= 11 is 3.64. The molecule has 1 N–H and O–H groups in total. The number of aryl methyl sites for hydroxylation is 1. The molecule has 0 fully saturated rings. The average molecular weight is 320 g/mol. The van der Waals surface area contributed by atoms with Gasteiger partial charge in [-0.3, -0.25) is 0 Å². The molecule has 0 aliphatic rings. The highest BCUT2D eigenvalue weighted by molar-refractivity contribution is 9.10. The molecule has 0 spiro atoms. The van der Waals surface area contributed by atoms with Crippen molar-refractivity contribution in [2.24, 2.45) is 0 Å². The maximum atomic E-state index is 4.12. The van der Waals surface area contributed by atoms with Gasteiger partial charge in [-0.2, -0.15) is 0 Å². The zero-order valence-electron chi connectivity index (χ0n) is 11.2. The molecule has 3 nitrogen and oxygen atoms in total. The van der Waals surface area contributed by atoms with Crippen molar-refractivity contribution >= 4 is 15.9 Å². The van der Waals surface area contributed by atoms with E-state index in [0.29, 0.717) is 0 Å². The number of nitrogens with zero attached hydrogens (tertiary/aromatic N) is 2. The van der Waals surface area contributed by atoms with Crippen LogP contribution in [0.3, 0.4) is 0 Å². The predicted molar refractivity (Wildman–Crippen MR) is 81.0 cm³/mol. The van der Waals surface area contributed by atoms with E-state index in [1.165, 1.54) is 11.1 Å². The van der Waals surface area contributed by atoms with E-state index in [1.807, 2.05) is 12.4 Å². The summed E-state index contributed by atoms with van der Waals surface area (Å²) in [5.41, 5.74) is 3.56. The zero-order valence-corrected chi connectivity index (χ0v) is 12.8. The largest absolute Gasteiger partial charge is 0.306 e. The Hall–Kier alpha value is -1.26. The van der Waals surface area contributed by atoms with Gasteiger partial charge in [-0.1, -0.05) is 40.5 Å². The minimum atomic E-state index is 0.121. The van der Waals surface area contributed by atoms with Crippen LogP contribution in [0, 0.1) is 6.92 Å². The van der Waals surface area contributed by atoms with E-state index >= 15 is 0 Å². The first kappa shape index (κ1) is 14.2. The summed E-state index contributed by atoms with van der Waals surface area (Å²) < 4.78 is 1.11. The lowest BCUT2D eigenvalue weighted by molar-refractivity contribution is 0.593. The van der Waals surface area contributed by atoms with Crippen molar-refractivity contribution in [2.45, 2.75) is 26.3 Å². The van der Waals surface area contributed by atoms with E-state index in [1.54, 1.807) is 6.33 Å². The molecule has 0 amide bonds. The predicted octanol–water partition coefficient (Wildman–Crippen LogP) is 3.64. The molecule has 1 heterocycles. The molecule has 2 rings (SSSR count). The Bertz CT molecular complexity index is 528. The molecular weight excluding hydrogens is 302 g/mol. The minimum absolute atomic E-state index is 0.121. The van der Waals surface area contributed by atoms with Gasteiger partial charge in [0.15, 0.2) is 0 Å². The molecule has 1 aromatic heterocycles. The lowest BCUT2D eigenvalue weighted by Crippen LogP contribution is -2.24. The van der Waals surface area contributed by atoms with Crippen molar-refractivity contribution in [1.82, 2.24) is 15.3 Å². The topological polar surface area (TPSA) is 37.8 Å². The van der Waals surface area contributed by atoms with Gasteiger partial charge in [0.05, 0.1) is 6.04 Å². The number of nitrogens with one attached hydrogen (secondary N) is 1. The summed E-state index contributed by atoms with van der Waals surface area (Å²) in [6.07, 6.45) is 6.39. The molecule has 0 saturated heterocycles. The molecule has 0 aliphatic heterocycles. The second kappa shape index (κ2) is 6.78. The number of hydrogen-bond donors (Lipinski definition) is 1. The SMILES string of the molecule is CCCNC(c1cncnc1)c1cc(C)ccc1Br. The molecule has 4 heteroatoms. The van der Waals surface area contributed by atoms with E-state index in [9.17, 15) is 0 Å². The van der Waals surface area contributed by atoms with E-state index in [-0.39, 0.29) is 6.04 Å². The smallest absolute Gasteiger partial charge is 0.115 e. The normalized spacial score (nSPS) is 12.4. The van der Waals surface area contributed by atoms with Crippen LogP contribution in [0.5, 0.6) is 0 Å². The number of rotatable bonds is 5. The van der Waals surface area contributed by atoms with Crippen molar-refractivity contribution in [3.8, 4) is 0 Å². The summed E-state index contributed by atoms with van der Waals surface area (Å²) in [7, 11) is 0. The summed E-state index contributed by atoms with van der Waals surface area (Å²) in [6, 6.07) is 6.52. The van der Waals surface area contributed by atoms with Crippen molar-refractivity contribution in [3.63, 3.8) is 0 Å². The third-order valence-electron chi connectivity index (χ3n) is 2.97. The van der Waals surface area contributed by atoms with Crippen molar-refractivity contribution in [1.29, 1.82) is 0 Å². The van der Waals surface area contributed by atoms with Crippen LogP contribution in [0.4, 0.5) is 0 Å². The van der Waals surface area contributed by atoms with Gasteiger partial charge < -0.3 is 5.32 Å². The Morgan fingerprint density at radius 3 is 2.68 bits per heavy atom. The first-order chi connectivity index (χ1) is 9.22. The average Bonchev–Trinajstić information content (AvgIpc) is 2.44. The van der Waals surface area contributed by atoms with Crippen LogP contribution in [0.2, 0.25) is 0 Å². The monoisotopic (exact) mass is 319 g/mol. The minimum Gasteiger partial charge on any atom is -0.306 e. The molecule has 0 radical (unpaired) electrons. The molecule has 1 unspecified atom stereocenters. The highest BCUT2D eigenvalue weighted by atomic mass is 79.9. The molecule has 0 bridgehead atoms. The third kappa shape index (κ3) is 3.61. The molecule has 0 saturated carbocycles. The molecule has 19 heavy (non-hydrogen) atoms. The fourth-order valence-corrected chi connectivity index (χ4v) is 2.52. The maximum Gasteiger partial charge on any atom is 0.115 e. The van der Waals surface area contributed by atoms with Crippen LogP contribution < -0.4 is 5.32 Å². The van der Waals surface area contributed by atoms with Crippen LogP contribution in [-0.4, -0.2) is 16.5 Å². The lowest BCUT2D eigenvalue weighted by atomic mass is 9.99. The lowest BCUT2D eigenvalue weighted by Gasteiger charge is -2.20. The third-order valence-corrected chi connectivity index (χ3v) is 3.70.